The van der Waals surface area contributed by atoms with E-state index in [1.807, 2.05) is 38.2 Å². The lowest BCUT2D eigenvalue weighted by Gasteiger charge is -2.28. The second-order valence-electron chi connectivity index (χ2n) is 5.53. The third kappa shape index (κ3) is 2.77. The van der Waals surface area contributed by atoms with Gasteiger partial charge in [-0.3, -0.25) is 9.89 Å². The predicted molar refractivity (Wildman–Crippen MR) is 78.9 cm³/mol. The minimum Gasteiger partial charge on any atom is -0.492 e. The summed E-state index contributed by atoms with van der Waals surface area (Å²) in [5, 5.41) is 6.88. The summed E-state index contributed by atoms with van der Waals surface area (Å²) >= 11 is 0. The average Bonchev–Trinajstić information content (AvgIpc) is 2.91. The van der Waals surface area contributed by atoms with Crippen molar-refractivity contribution in [3.05, 3.63) is 47.3 Å². The molecule has 0 fully saturated rings. The zero-order valence-corrected chi connectivity index (χ0v) is 12.3. The third-order valence-corrected chi connectivity index (χ3v) is 3.95. The number of nitrogens with zero attached hydrogens (tertiary/aromatic N) is 2. The summed E-state index contributed by atoms with van der Waals surface area (Å²) in [6.45, 7) is 2.98. The zero-order valence-electron chi connectivity index (χ0n) is 12.3. The number of fused-ring (bicyclic) bond motifs is 1. The molecule has 0 saturated heterocycles. The molecule has 5 nitrogen and oxygen atoms in total. The molecule has 3 rings (SSSR count). The summed E-state index contributed by atoms with van der Waals surface area (Å²) in [4.78, 5) is 14.3. The lowest BCUT2D eigenvalue weighted by molar-refractivity contribution is -0.136. The van der Waals surface area contributed by atoms with Crippen LogP contribution >= 0.6 is 0 Å². The van der Waals surface area contributed by atoms with Gasteiger partial charge in [-0.25, -0.2) is 0 Å². The number of H-pyrrole nitrogens is 1. The van der Waals surface area contributed by atoms with E-state index in [1.54, 1.807) is 11.1 Å². The Morgan fingerprint density at radius 3 is 3.05 bits per heavy atom. The summed E-state index contributed by atoms with van der Waals surface area (Å²) in [7, 11) is 1.83. The standard InChI is InChI=1S/C16H19N3O2/c1-11-14(8-17-18-11)9-19(2)16(20)13-7-12-5-3-4-6-15(12)21-10-13/h3-6,8,13H,7,9-10H2,1-2H3,(H,17,18)/t13-/m0/s1. The van der Waals surface area contributed by atoms with Crippen LogP contribution in [0.5, 0.6) is 5.75 Å². The first-order valence-electron chi connectivity index (χ1n) is 7.09. The van der Waals surface area contributed by atoms with E-state index in [0.29, 0.717) is 13.2 Å². The number of nitrogens with one attached hydrogen (secondary N) is 1. The van der Waals surface area contributed by atoms with Crippen LogP contribution in [0, 0.1) is 12.8 Å². The molecule has 1 amide bonds. The molecular weight excluding hydrogens is 266 g/mol. The fourth-order valence-electron chi connectivity index (χ4n) is 2.67. The highest BCUT2D eigenvalue weighted by atomic mass is 16.5. The Morgan fingerprint density at radius 1 is 1.48 bits per heavy atom. The van der Waals surface area contributed by atoms with Gasteiger partial charge in [-0.2, -0.15) is 5.10 Å². The maximum atomic E-state index is 12.6. The molecule has 0 aliphatic carbocycles. The van der Waals surface area contributed by atoms with Gasteiger partial charge in [0.25, 0.3) is 0 Å². The summed E-state index contributed by atoms with van der Waals surface area (Å²) < 4.78 is 5.70. The first kappa shape index (κ1) is 13.7. The van der Waals surface area contributed by atoms with Gasteiger partial charge in [0.15, 0.2) is 0 Å². The summed E-state index contributed by atoms with van der Waals surface area (Å²) in [5.74, 6) is 0.900. The van der Waals surface area contributed by atoms with Crippen molar-refractivity contribution in [3.8, 4) is 5.75 Å². The van der Waals surface area contributed by atoms with E-state index in [4.69, 9.17) is 4.74 Å². The normalized spacial score (nSPS) is 17.0. The Kier molecular flexibility index (Phi) is 3.64. The SMILES string of the molecule is Cc1[nH]ncc1CN(C)C(=O)[C@@H]1COc2ccccc2C1. The molecule has 21 heavy (non-hydrogen) atoms. The number of aryl methyl sites for hydroxylation is 1. The van der Waals surface area contributed by atoms with Crippen molar-refractivity contribution in [3.63, 3.8) is 0 Å². The van der Waals surface area contributed by atoms with Crippen molar-refractivity contribution in [1.82, 2.24) is 15.1 Å². The molecule has 0 spiro atoms. The van der Waals surface area contributed by atoms with E-state index < -0.39 is 0 Å². The van der Waals surface area contributed by atoms with Gasteiger partial charge in [0.1, 0.15) is 12.4 Å². The lowest BCUT2D eigenvalue weighted by Crippen LogP contribution is -2.38. The van der Waals surface area contributed by atoms with E-state index >= 15 is 0 Å². The molecule has 0 unspecified atom stereocenters. The van der Waals surface area contributed by atoms with Gasteiger partial charge in [-0.15, -0.1) is 0 Å². The quantitative estimate of drug-likeness (QED) is 0.937. The molecule has 1 aromatic carbocycles. The molecule has 2 heterocycles. The number of benzene rings is 1. The molecule has 1 aliphatic rings. The molecule has 0 radical (unpaired) electrons. The van der Waals surface area contributed by atoms with Crippen LogP contribution < -0.4 is 4.74 Å². The van der Waals surface area contributed by atoms with Gasteiger partial charge >= 0.3 is 0 Å². The van der Waals surface area contributed by atoms with E-state index in [0.717, 1.165) is 29.0 Å². The highest BCUT2D eigenvalue weighted by Gasteiger charge is 2.28. The Hall–Kier alpha value is -2.30. The first-order valence-corrected chi connectivity index (χ1v) is 7.09. The molecular formula is C16H19N3O2. The second kappa shape index (κ2) is 5.60. The number of para-hydroxylation sites is 1. The monoisotopic (exact) mass is 285 g/mol. The van der Waals surface area contributed by atoms with Crippen LogP contribution in [0.25, 0.3) is 0 Å². The van der Waals surface area contributed by atoms with Crippen LogP contribution in [-0.2, 0) is 17.8 Å². The minimum atomic E-state index is -0.114. The van der Waals surface area contributed by atoms with E-state index in [9.17, 15) is 4.79 Å². The maximum Gasteiger partial charge on any atom is 0.229 e. The third-order valence-electron chi connectivity index (χ3n) is 3.95. The number of ether oxygens (including phenoxy) is 1. The van der Waals surface area contributed by atoms with Gasteiger partial charge in [0.05, 0.1) is 12.1 Å². The number of carbonyl (C=O) groups excluding carboxylic acids is 1. The number of amides is 1. The molecule has 5 heteroatoms. The number of hydrogen-bond acceptors (Lipinski definition) is 3. The van der Waals surface area contributed by atoms with Crippen molar-refractivity contribution in [2.75, 3.05) is 13.7 Å². The molecule has 1 atom stereocenters. The maximum absolute atomic E-state index is 12.6. The first-order chi connectivity index (χ1) is 10.1. The van der Waals surface area contributed by atoms with Crippen LogP contribution in [0.15, 0.2) is 30.5 Å². The van der Waals surface area contributed by atoms with E-state index in [2.05, 4.69) is 10.2 Å². The minimum absolute atomic E-state index is 0.114. The van der Waals surface area contributed by atoms with E-state index in [1.165, 1.54) is 0 Å². The second-order valence-corrected chi connectivity index (χ2v) is 5.53. The fraction of sp³-hybridized carbons (Fsp3) is 0.375. The van der Waals surface area contributed by atoms with Crippen LogP contribution in [0.4, 0.5) is 0 Å². The van der Waals surface area contributed by atoms with Crippen LogP contribution in [-0.4, -0.2) is 34.7 Å². The molecule has 0 saturated carbocycles. The van der Waals surface area contributed by atoms with Gasteiger partial charge < -0.3 is 9.64 Å². The van der Waals surface area contributed by atoms with Crippen molar-refractivity contribution >= 4 is 5.91 Å². The predicted octanol–water partition coefficient (Wildman–Crippen LogP) is 1.93. The average molecular weight is 285 g/mol. The van der Waals surface area contributed by atoms with Crippen molar-refractivity contribution in [2.24, 2.45) is 5.92 Å². The Labute approximate surface area is 123 Å². The van der Waals surface area contributed by atoms with Crippen molar-refractivity contribution < 1.29 is 9.53 Å². The van der Waals surface area contributed by atoms with Crippen LogP contribution in [0.3, 0.4) is 0 Å². The Morgan fingerprint density at radius 2 is 2.29 bits per heavy atom. The number of carbonyl (C=O) groups is 1. The number of hydrogen-bond donors (Lipinski definition) is 1. The van der Waals surface area contributed by atoms with Gasteiger partial charge in [-0.1, -0.05) is 18.2 Å². The van der Waals surface area contributed by atoms with Crippen molar-refractivity contribution in [1.29, 1.82) is 0 Å². The number of aromatic amines is 1. The molecule has 110 valence electrons. The van der Waals surface area contributed by atoms with Gasteiger partial charge in [0.2, 0.25) is 5.91 Å². The molecule has 2 aromatic rings. The zero-order chi connectivity index (χ0) is 14.8. The summed E-state index contributed by atoms with van der Waals surface area (Å²) in [5.41, 5.74) is 3.15. The fourth-order valence-corrected chi connectivity index (χ4v) is 2.67. The lowest BCUT2D eigenvalue weighted by atomic mass is 9.95. The molecule has 0 bridgehead atoms. The van der Waals surface area contributed by atoms with Crippen molar-refractivity contribution in [2.45, 2.75) is 19.9 Å². The molecule has 1 aliphatic heterocycles. The Bertz CT molecular complexity index is 650. The van der Waals surface area contributed by atoms with E-state index in [-0.39, 0.29) is 11.8 Å². The van der Waals surface area contributed by atoms with Gasteiger partial charge in [0, 0.05) is 24.8 Å². The smallest absolute Gasteiger partial charge is 0.229 e. The summed E-state index contributed by atoms with van der Waals surface area (Å²) in [6.07, 6.45) is 2.51. The topological polar surface area (TPSA) is 58.2 Å². The van der Waals surface area contributed by atoms with Crippen LogP contribution in [0.1, 0.15) is 16.8 Å². The van der Waals surface area contributed by atoms with Gasteiger partial charge in [-0.05, 0) is 25.0 Å². The van der Waals surface area contributed by atoms with Crippen LogP contribution in [0.2, 0.25) is 0 Å². The molecule has 1 aromatic heterocycles. The summed E-state index contributed by atoms with van der Waals surface area (Å²) in [6, 6.07) is 7.91. The largest absolute Gasteiger partial charge is 0.492 e. The number of aromatic nitrogens is 2. The molecule has 1 N–H and O–H groups in total. The number of rotatable bonds is 3. The highest BCUT2D eigenvalue weighted by Crippen LogP contribution is 2.27. The Balaban J connectivity index is 1.67. The highest BCUT2D eigenvalue weighted by molar-refractivity contribution is 5.79.